The average molecular weight is 246 g/mol. The molecule has 1 saturated heterocycles. The maximum atomic E-state index is 5.92. The van der Waals surface area contributed by atoms with Crippen molar-refractivity contribution < 1.29 is 0 Å². The minimum atomic E-state index is 0.623. The number of nitrogens with two attached hydrogens (primary N) is 1. The average Bonchev–Trinajstić information content (AvgIpc) is 2.41. The normalized spacial score (nSPS) is 27.9. The quantitative estimate of drug-likeness (QED) is 0.827. The van der Waals surface area contributed by atoms with Crippen molar-refractivity contribution in [2.45, 2.75) is 51.5 Å². The first-order chi connectivity index (χ1) is 8.77. The topological polar surface area (TPSA) is 55.0 Å². The molecule has 18 heavy (non-hydrogen) atoms. The fourth-order valence-corrected chi connectivity index (χ4v) is 3.63. The van der Waals surface area contributed by atoms with Gasteiger partial charge < -0.3 is 10.6 Å². The third kappa shape index (κ3) is 1.93. The van der Waals surface area contributed by atoms with Gasteiger partial charge in [-0.3, -0.25) is 0 Å². The van der Waals surface area contributed by atoms with E-state index in [0.29, 0.717) is 11.9 Å². The van der Waals surface area contributed by atoms with Crippen molar-refractivity contribution in [1.29, 1.82) is 0 Å². The molecule has 4 heteroatoms. The Morgan fingerprint density at radius 3 is 2.83 bits per heavy atom. The van der Waals surface area contributed by atoms with E-state index in [1.54, 1.807) is 6.33 Å². The van der Waals surface area contributed by atoms with Crippen molar-refractivity contribution in [3.63, 3.8) is 0 Å². The minimum Gasteiger partial charge on any atom is -0.383 e. The van der Waals surface area contributed by atoms with E-state index in [4.69, 9.17) is 5.73 Å². The standard InChI is InChI=1S/C14H22N4/c1-10-13(15)16-9-17-14(10)18-8-4-6-11-5-2-3-7-12(11)18/h9,11-12H,2-8H2,1H3,(H2,15,16,17). The monoisotopic (exact) mass is 246 g/mol. The van der Waals surface area contributed by atoms with Crippen LogP contribution in [0.4, 0.5) is 11.6 Å². The van der Waals surface area contributed by atoms with E-state index < -0.39 is 0 Å². The molecule has 0 spiro atoms. The van der Waals surface area contributed by atoms with Crippen LogP contribution in [0.2, 0.25) is 0 Å². The number of nitrogens with zero attached hydrogens (tertiary/aromatic N) is 3. The summed E-state index contributed by atoms with van der Waals surface area (Å²) in [6.07, 6.45) is 9.74. The Balaban J connectivity index is 1.92. The van der Waals surface area contributed by atoms with Gasteiger partial charge in [0.05, 0.1) is 0 Å². The van der Waals surface area contributed by atoms with Crippen molar-refractivity contribution in [2.24, 2.45) is 5.92 Å². The lowest BCUT2D eigenvalue weighted by Gasteiger charge is -2.45. The first kappa shape index (κ1) is 11.8. The van der Waals surface area contributed by atoms with Gasteiger partial charge >= 0.3 is 0 Å². The van der Waals surface area contributed by atoms with Crippen LogP contribution in [0, 0.1) is 12.8 Å². The highest BCUT2D eigenvalue weighted by Gasteiger charge is 2.34. The number of hydrogen-bond donors (Lipinski definition) is 1. The summed E-state index contributed by atoms with van der Waals surface area (Å²) in [5, 5.41) is 0. The van der Waals surface area contributed by atoms with E-state index in [-0.39, 0.29) is 0 Å². The summed E-state index contributed by atoms with van der Waals surface area (Å²) < 4.78 is 0. The molecule has 1 aromatic rings. The molecule has 1 aliphatic carbocycles. The van der Waals surface area contributed by atoms with Gasteiger partial charge in [-0.1, -0.05) is 12.8 Å². The molecule has 2 N–H and O–H groups in total. The number of rotatable bonds is 1. The summed E-state index contributed by atoms with van der Waals surface area (Å²) in [6.45, 7) is 3.16. The molecular formula is C14H22N4. The second-order valence-electron chi connectivity index (χ2n) is 5.66. The molecule has 2 fully saturated rings. The zero-order valence-corrected chi connectivity index (χ0v) is 11.1. The predicted octanol–water partition coefficient (Wildman–Crippen LogP) is 2.53. The second-order valence-corrected chi connectivity index (χ2v) is 5.66. The van der Waals surface area contributed by atoms with Gasteiger partial charge in [0.2, 0.25) is 0 Å². The van der Waals surface area contributed by atoms with Gasteiger partial charge in [-0.2, -0.15) is 0 Å². The molecular weight excluding hydrogens is 224 g/mol. The summed E-state index contributed by atoms with van der Waals surface area (Å²) in [5.41, 5.74) is 6.96. The molecule has 0 bridgehead atoms. The van der Waals surface area contributed by atoms with E-state index in [2.05, 4.69) is 14.9 Å². The van der Waals surface area contributed by atoms with Gasteiger partial charge in [-0.15, -0.1) is 0 Å². The van der Waals surface area contributed by atoms with E-state index in [9.17, 15) is 0 Å². The highest BCUT2D eigenvalue weighted by molar-refractivity contribution is 5.56. The summed E-state index contributed by atoms with van der Waals surface area (Å²) >= 11 is 0. The fourth-order valence-electron chi connectivity index (χ4n) is 3.63. The molecule has 1 aliphatic heterocycles. The number of anilines is 2. The van der Waals surface area contributed by atoms with E-state index in [1.165, 1.54) is 38.5 Å². The molecule has 2 atom stereocenters. The van der Waals surface area contributed by atoms with E-state index in [0.717, 1.165) is 23.8 Å². The molecule has 4 nitrogen and oxygen atoms in total. The molecule has 1 aromatic heterocycles. The largest absolute Gasteiger partial charge is 0.383 e. The Kier molecular flexibility index (Phi) is 3.10. The highest BCUT2D eigenvalue weighted by Crippen LogP contribution is 2.38. The molecule has 2 unspecified atom stereocenters. The van der Waals surface area contributed by atoms with Crippen molar-refractivity contribution in [3.05, 3.63) is 11.9 Å². The lowest BCUT2D eigenvalue weighted by Crippen LogP contribution is -2.47. The Bertz CT molecular complexity index is 430. The Morgan fingerprint density at radius 2 is 1.94 bits per heavy atom. The molecule has 1 saturated carbocycles. The highest BCUT2D eigenvalue weighted by atomic mass is 15.2. The van der Waals surface area contributed by atoms with Crippen LogP contribution < -0.4 is 10.6 Å². The van der Waals surface area contributed by atoms with Crippen molar-refractivity contribution in [3.8, 4) is 0 Å². The zero-order valence-electron chi connectivity index (χ0n) is 11.1. The Morgan fingerprint density at radius 1 is 1.17 bits per heavy atom. The minimum absolute atomic E-state index is 0.623. The first-order valence-electron chi connectivity index (χ1n) is 7.11. The SMILES string of the molecule is Cc1c(N)ncnc1N1CCCC2CCCCC21. The molecule has 3 rings (SSSR count). The smallest absolute Gasteiger partial charge is 0.137 e. The number of fused-ring (bicyclic) bond motifs is 1. The van der Waals surface area contributed by atoms with Crippen molar-refractivity contribution in [1.82, 2.24) is 9.97 Å². The van der Waals surface area contributed by atoms with Gasteiger partial charge in [-0.25, -0.2) is 9.97 Å². The zero-order chi connectivity index (χ0) is 12.5. The van der Waals surface area contributed by atoms with Crippen LogP contribution in [0.1, 0.15) is 44.1 Å². The number of nitrogen functional groups attached to an aromatic ring is 1. The third-order valence-corrected chi connectivity index (χ3v) is 4.61. The van der Waals surface area contributed by atoms with Crippen LogP contribution in [0.5, 0.6) is 0 Å². The predicted molar refractivity (Wildman–Crippen MR) is 73.5 cm³/mol. The molecule has 0 aromatic carbocycles. The Labute approximate surface area is 109 Å². The van der Waals surface area contributed by atoms with Crippen LogP contribution in [-0.4, -0.2) is 22.6 Å². The molecule has 2 aliphatic rings. The second kappa shape index (κ2) is 4.75. The molecule has 98 valence electrons. The molecule has 2 heterocycles. The van der Waals surface area contributed by atoms with Crippen LogP contribution in [0.3, 0.4) is 0 Å². The Hall–Kier alpha value is -1.32. The summed E-state index contributed by atoms with van der Waals surface area (Å²) in [4.78, 5) is 11.1. The maximum absolute atomic E-state index is 5.92. The third-order valence-electron chi connectivity index (χ3n) is 4.61. The van der Waals surface area contributed by atoms with Gasteiger partial charge in [0, 0.05) is 18.2 Å². The number of aromatic nitrogens is 2. The fraction of sp³-hybridized carbons (Fsp3) is 0.714. The molecule has 0 radical (unpaired) electrons. The van der Waals surface area contributed by atoms with Crippen molar-refractivity contribution in [2.75, 3.05) is 17.2 Å². The van der Waals surface area contributed by atoms with Crippen LogP contribution in [-0.2, 0) is 0 Å². The van der Waals surface area contributed by atoms with Crippen LogP contribution in [0.15, 0.2) is 6.33 Å². The lowest BCUT2D eigenvalue weighted by molar-refractivity contribution is 0.242. The summed E-state index contributed by atoms with van der Waals surface area (Å²) in [5.74, 6) is 2.56. The summed E-state index contributed by atoms with van der Waals surface area (Å²) in [6, 6.07) is 0.681. The first-order valence-corrected chi connectivity index (χ1v) is 7.11. The van der Waals surface area contributed by atoms with Gasteiger partial charge in [0.15, 0.2) is 0 Å². The van der Waals surface area contributed by atoms with Crippen LogP contribution in [0.25, 0.3) is 0 Å². The van der Waals surface area contributed by atoms with E-state index >= 15 is 0 Å². The van der Waals surface area contributed by atoms with E-state index in [1.807, 2.05) is 6.92 Å². The van der Waals surface area contributed by atoms with Gasteiger partial charge in [-0.05, 0) is 38.5 Å². The summed E-state index contributed by atoms with van der Waals surface area (Å²) in [7, 11) is 0. The van der Waals surface area contributed by atoms with Gasteiger partial charge in [0.25, 0.3) is 0 Å². The van der Waals surface area contributed by atoms with Gasteiger partial charge in [0.1, 0.15) is 18.0 Å². The lowest BCUT2D eigenvalue weighted by atomic mass is 9.78. The maximum Gasteiger partial charge on any atom is 0.137 e. The number of hydrogen-bond acceptors (Lipinski definition) is 4. The molecule has 0 amide bonds. The van der Waals surface area contributed by atoms with Crippen LogP contribution >= 0.6 is 0 Å². The van der Waals surface area contributed by atoms with Crippen molar-refractivity contribution >= 4 is 11.6 Å². The number of piperidine rings is 1.